The average Bonchev–Trinajstić information content (AvgIpc) is 2.45. The molecule has 0 spiro atoms. The molecule has 0 fully saturated rings. The highest BCUT2D eigenvalue weighted by Gasteiger charge is 2.23. The molecule has 0 bridgehead atoms. The number of ether oxygens (including phenoxy) is 1. The van der Waals surface area contributed by atoms with Crippen molar-refractivity contribution in [3.63, 3.8) is 0 Å². The Morgan fingerprint density at radius 2 is 1.68 bits per heavy atom. The Hall–Kier alpha value is -1.50. The van der Waals surface area contributed by atoms with Crippen molar-refractivity contribution in [3.8, 4) is 5.75 Å². The average molecular weight is 364 g/mol. The molecule has 4 nitrogen and oxygen atoms in total. The van der Waals surface area contributed by atoms with Crippen LogP contribution in [0.5, 0.6) is 5.75 Å². The minimum atomic E-state index is -3.95. The maximum atomic E-state index is 13.7. The van der Waals surface area contributed by atoms with Gasteiger partial charge in [0.1, 0.15) is 0 Å². The van der Waals surface area contributed by atoms with Crippen LogP contribution in [0.3, 0.4) is 0 Å². The second-order valence-electron chi connectivity index (χ2n) is 4.40. The van der Waals surface area contributed by atoms with E-state index in [1.807, 2.05) is 0 Å². The summed E-state index contributed by atoms with van der Waals surface area (Å²) in [6, 6.07) is 7.80. The zero-order chi connectivity index (χ0) is 16.5. The Balaban J connectivity index is 2.47. The lowest BCUT2D eigenvalue weighted by Crippen LogP contribution is -2.26. The summed E-state index contributed by atoms with van der Waals surface area (Å²) in [5, 5.41) is 0.593. The highest BCUT2D eigenvalue weighted by atomic mass is 35.5. The first kappa shape index (κ1) is 16.9. The second-order valence-corrected chi connectivity index (χ2v) is 7.24. The Morgan fingerprint density at radius 3 is 2.18 bits per heavy atom. The minimum Gasteiger partial charge on any atom is -0.494 e. The maximum Gasteiger partial charge on any atom is 0.264 e. The number of halogens is 3. The van der Waals surface area contributed by atoms with Gasteiger partial charge in [0.2, 0.25) is 0 Å². The van der Waals surface area contributed by atoms with Gasteiger partial charge in [-0.25, -0.2) is 12.8 Å². The number of hydrogen-bond acceptors (Lipinski definition) is 3. The van der Waals surface area contributed by atoms with Crippen molar-refractivity contribution in [1.82, 2.24) is 0 Å². The number of hydrogen-bond donors (Lipinski definition) is 0. The lowest BCUT2D eigenvalue weighted by Gasteiger charge is -2.20. The van der Waals surface area contributed by atoms with Gasteiger partial charge in [0.15, 0.2) is 11.6 Å². The van der Waals surface area contributed by atoms with Gasteiger partial charge in [-0.3, -0.25) is 4.31 Å². The number of nitrogens with zero attached hydrogens (tertiary/aromatic N) is 1. The Kier molecular flexibility index (Phi) is 4.84. The van der Waals surface area contributed by atoms with Gasteiger partial charge in [-0.2, -0.15) is 0 Å². The Labute approximate surface area is 138 Å². The van der Waals surface area contributed by atoms with Gasteiger partial charge in [-0.05, 0) is 36.4 Å². The minimum absolute atomic E-state index is 0.0348. The molecule has 0 aromatic heterocycles. The molecule has 0 N–H and O–H groups in total. The summed E-state index contributed by atoms with van der Waals surface area (Å²) in [4.78, 5) is -0.204. The Bertz CT molecular complexity index is 791. The van der Waals surface area contributed by atoms with Crippen LogP contribution in [-0.2, 0) is 10.0 Å². The van der Waals surface area contributed by atoms with E-state index in [1.54, 1.807) is 0 Å². The SMILES string of the molecule is COc1ccc(S(=O)(=O)N(C)c2cc(Cl)cc(Cl)c2)cc1F. The van der Waals surface area contributed by atoms with Crippen molar-refractivity contribution >= 4 is 38.9 Å². The molecular formula is C14H12Cl2FNO3S. The van der Waals surface area contributed by atoms with Crippen molar-refractivity contribution in [1.29, 1.82) is 0 Å². The second kappa shape index (κ2) is 6.32. The fourth-order valence-corrected chi connectivity index (χ4v) is 3.53. The first-order valence-corrected chi connectivity index (χ1v) is 8.24. The standard InChI is InChI=1S/C14H12Cl2FNO3S/c1-18(11-6-9(15)5-10(16)7-11)22(19,20)12-3-4-14(21-2)13(17)8-12/h3-8H,1-2H3. The molecule has 0 atom stereocenters. The summed E-state index contributed by atoms with van der Waals surface area (Å²) in [6.45, 7) is 0. The number of rotatable bonds is 4. The largest absolute Gasteiger partial charge is 0.494 e. The summed E-state index contributed by atoms with van der Waals surface area (Å²) in [6.07, 6.45) is 0. The van der Waals surface area contributed by atoms with Crippen LogP contribution in [0, 0.1) is 5.82 Å². The monoisotopic (exact) mass is 363 g/mol. The van der Waals surface area contributed by atoms with Crippen LogP contribution < -0.4 is 9.04 Å². The van der Waals surface area contributed by atoms with Crippen LogP contribution in [0.4, 0.5) is 10.1 Å². The molecule has 2 aromatic carbocycles. The molecule has 0 aliphatic heterocycles. The number of benzene rings is 2. The van der Waals surface area contributed by atoms with Crippen LogP contribution in [0.1, 0.15) is 0 Å². The maximum absolute atomic E-state index is 13.7. The fraction of sp³-hybridized carbons (Fsp3) is 0.143. The number of sulfonamides is 1. The molecule has 22 heavy (non-hydrogen) atoms. The molecular weight excluding hydrogens is 352 g/mol. The summed E-state index contributed by atoms with van der Waals surface area (Å²) >= 11 is 11.7. The van der Waals surface area contributed by atoms with E-state index in [2.05, 4.69) is 0 Å². The Morgan fingerprint density at radius 1 is 1.09 bits per heavy atom. The zero-order valence-electron chi connectivity index (χ0n) is 11.7. The first-order chi connectivity index (χ1) is 10.3. The van der Waals surface area contributed by atoms with E-state index in [0.29, 0.717) is 10.0 Å². The smallest absolute Gasteiger partial charge is 0.264 e. The molecule has 2 rings (SSSR count). The molecule has 0 saturated carbocycles. The topological polar surface area (TPSA) is 46.6 Å². The third-order valence-electron chi connectivity index (χ3n) is 2.99. The third-order valence-corrected chi connectivity index (χ3v) is 5.21. The van der Waals surface area contributed by atoms with Crippen molar-refractivity contribution < 1.29 is 17.5 Å². The van der Waals surface area contributed by atoms with E-state index < -0.39 is 15.8 Å². The van der Waals surface area contributed by atoms with E-state index in [0.717, 1.165) is 10.4 Å². The number of anilines is 1. The third kappa shape index (κ3) is 3.29. The molecule has 0 radical (unpaired) electrons. The van der Waals surface area contributed by atoms with Gasteiger partial charge in [0.25, 0.3) is 10.0 Å². The quantitative estimate of drug-likeness (QED) is 0.825. The molecule has 118 valence electrons. The summed E-state index contributed by atoms with van der Waals surface area (Å²) in [5.41, 5.74) is 0.272. The van der Waals surface area contributed by atoms with Gasteiger partial charge in [0.05, 0.1) is 17.7 Å². The highest BCUT2D eigenvalue weighted by Crippen LogP contribution is 2.29. The normalized spacial score (nSPS) is 11.3. The molecule has 0 heterocycles. The number of methoxy groups -OCH3 is 1. The van der Waals surface area contributed by atoms with Crippen molar-refractivity contribution in [3.05, 3.63) is 52.3 Å². The van der Waals surface area contributed by atoms with Crippen LogP contribution in [0.15, 0.2) is 41.3 Å². The molecule has 0 amide bonds. The predicted molar refractivity (Wildman–Crippen MR) is 85.0 cm³/mol. The van der Waals surface area contributed by atoms with E-state index in [4.69, 9.17) is 27.9 Å². The lowest BCUT2D eigenvalue weighted by atomic mass is 10.3. The van der Waals surface area contributed by atoms with E-state index in [-0.39, 0.29) is 16.3 Å². The molecule has 0 saturated heterocycles. The van der Waals surface area contributed by atoms with Gasteiger partial charge < -0.3 is 4.74 Å². The van der Waals surface area contributed by atoms with Gasteiger partial charge in [-0.1, -0.05) is 23.2 Å². The van der Waals surface area contributed by atoms with Crippen LogP contribution in [-0.4, -0.2) is 22.6 Å². The van der Waals surface area contributed by atoms with Crippen LogP contribution in [0.2, 0.25) is 10.0 Å². The van der Waals surface area contributed by atoms with Gasteiger partial charge in [-0.15, -0.1) is 0 Å². The molecule has 0 aliphatic carbocycles. The summed E-state index contributed by atoms with van der Waals surface area (Å²) < 4.78 is 44.6. The first-order valence-electron chi connectivity index (χ1n) is 6.04. The fourth-order valence-electron chi connectivity index (χ4n) is 1.83. The summed E-state index contributed by atoms with van der Waals surface area (Å²) in [5.74, 6) is -0.798. The molecule has 8 heteroatoms. The predicted octanol–water partition coefficient (Wildman–Crippen LogP) is 3.97. The van der Waals surface area contributed by atoms with Crippen molar-refractivity contribution in [2.24, 2.45) is 0 Å². The van der Waals surface area contributed by atoms with E-state index in [1.165, 1.54) is 44.5 Å². The highest BCUT2D eigenvalue weighted by molar-refractivity contribution is 7.92. The zero-order valence-corrected chi connectivity index (χ0v) is 14.0. The van der Waals surface area contributed by atoms with Crippen molar-refractivity contribution in [2.75, 3.05) is 18.5 Å². The molecule has 2 aromatic rings. The van der Waals surface area contributed by atoms with Crippen molar-refractivity contribution in [2.45, 2.75) is 4.90 Å². The van der Waals surface area contributed by atoms with E-state index in [9.17, 15) is 12.8 Å². The van der Waals surface area contributed by atoms with E-state index >= 15 is 0 Å². The van der Waals surface area contributed by atoms with Gasteiger partial charge in [0, 0.05) is 17.1 Å². The van der Waals surface area contributed by atoms with Gasteiger partial charge >= 0.3 is 0 Å². The lowest BCUT2D eigenvalue weighted by molar-refractivity contribution is 0.385. The summed E-state index contributed by atoms with van der Waals surface area (Å²) in [7, 11) is -1.32. The molecule has 0 unspecified atom stereocenters. The molecule has 0 aliphatic rings. The van der Waals surface area contributed by atoms with Crippen LogP contribution in [0.25, 0.3) is 0 Å². The van der Waals surface area contributed by atoms with Crippen LogP contribution >= 0.6 is 23.2 Å².